The van der Waals surface area contributed by atoms with Crippen LogP contribution in [0.15, 0.2) is 23.1 Å². The summed E-state index contributed by atoms with van der Waals surface area (Å²) in [6.45, 7) is -0.575. The second kappa shape index (κ2) is 5.11. The van der Waals surface area contributed by atoms with Gasteiger partial charge in [-0.05, 0) is 18.2 Å². The van der Waals surface area contributed by atoms with Crippen molar-refractivity contribution in [3.8, 4) is 0 Å². The smallest absolute Gasteiger partial charge is 0.395 e. The lowest BCUT2D eigenvalue weighted by atomic mass is 10.3. The maximum absolute atomic E-state index is 12.9. The highest BCUT2D eigenvalue weighted by molar-refractivity contribution is 7.92. The number of benzene rings is 1. The fourth-order valence-corrected chi connectivity index (χ4v) is 2.13. The Labute approximate surface area is 100 Å². The lowest BCUT2D eigenvalue weighted by molar-refractivity contribution is -0.0435. The lowest BCUT2D eigenvalue weighted by Crippen LogP contribution is -2.24. The number of alkyl halides is 3. The van der Waals surface area contributed by atoms with Gasteiger partial charge in [-0.1, -0.05) is 0 Å². The first-order valence-electron chi connectivity index (χ1n) is 4.66. The van der Waals surface area contributed by atoms with Gasteiger partial charge >= 0.3 is 5.51 Å². The summed E-state index contributed by atoms with van der Waals surface area (Å²) in [5.41, 5.74) is -5.93. The van der Waals surface area contributed by atoms with E-state index in [1.807, 2.05) is 0 Å². The van der Waals surface area contributed by atoms with Crippen LogP contribution in [-0.4, -0.2) is 32.2 Å². The second-order valence-corrected chi connectivity index (χ2v) is 5.15. The topological polar surface area (TPSA) is 66.4 Å². The Bertz CT molecular complexity index is 527. The Morgan fingerprint density at radius 3 is 2.39 bits per heavy atom. The van der Waals surface area contributed by atoms with Crippen molar-refractivity contribution in [1.82, 2.24) is 0 Å². The minimum absolute atomic E-state index is 0.161. The first-order valence-corrected chi connectivity index (χ1v) is 6.14. The fourth-order valence-electron chi connectivity index (χ4n) is 1.18. The molecule has 0 unspecified atom stereocenters. The highest BCUT2D eigenvalue weighted by Gasteiger charge is 2.48. The normalized spacial score (nSPS) is 12.5. The number of anilines is 1. The number of aliphatic hydroxyl groups excluding tert-OH is 1. The van der Waals surface area contributed by atoms with Crippen LogP contribution in [-0.2, 0) is 9.84 Å². The summed E-state index contributed by atoms with van der Waals surface area (Å²) in [6.07, 6.45) is 0. The zero-order chi connectivity index (χ0) is 14.0. The second-order valence-electron chi connectivity index (χ2n) is 3.24. The van der Waals surface area contributed by atoms with Crippen LogP contribution in [0.2, 0.25) is 0 Å². The van der Waals surface area contributed by atoms with Gasteiger partial charge in [-0.15, -0.1) is 0 Å². The van der Waals surface area contributed by atoms with Crippen molar-refractivity contribution in [2.24, 2.45) is 0 Å². The molecule has 0 heterocycles. The molecule has 0 spiro atoms. The van der Waals surface area contributed by atoms with E-state index in [4.69, 9.17) is 5.11 Å². The molecule has 0 saturated heterocycles. The Hall–Kier alpha value is -1.35. The maximum Gasteiger partial charge on any atom is 0.501 e. The average molecular weight is 287 g/mol. The standard InChI is InChI=1S/C9H9F4NO3S/c10-6-1-2-7(14-3-4-15)8(5-6)18(16,17)9(11,12)13/h1-2,5,14-15H,3-4H2. The van der Waals surface area contributed by atoms with Crippen molar-refractivity contribution in [3.63, 3.8) is 0 Å². The molecule has 1 aromatic carbocycles. The van der Waals surface area contributed by atoms with Gasteiger partial charge < -0.3 is 10.4 Å². The number of rotatable bonds is 4. The fraction of sp³-hybridized carbons (Fsp3) is 0.333. The van der Waals surface area contributed by atoms with E-state index in [2.05, 4.69) is 5.32 Å². The Kier molecular flexibility index (Phi) is 4.17. The molecule has 0 radical (unpaired) electrons. The first-order chi connectivity index (χ1) is 8.20. The van der Waals surface area contributed by atoms with Crippen LogP contribution in [0.25, 0.3) is 0 Å². The molecule has 9 heteroatoms. The van der Waals surface area contributed by atoms with Gasteiger partial charge in [-0.3, -0.25) is 0 Å². The number of sulfone groups is 1. The Morgan fingerprint density at radius 1 is 1.28 bits per heavy atom. The van der Waals surface area contributed by atoms with E-state index in [-0.39, 0.29) is 12.6 Å². The van der Waals surface area contributed by atoms with Gasteiger partial charge in [0.05, 0.1) is 12.3 Å². The molecule has 0 aromatic heterocycles. The van der Waals surface area contributed by atoms with E-state index in [9.17, 15) is 26.0 Å². The quantitative estimate of drug-likeness (QED) is 0.824. The number of nitrogens with one attached hydrogen (secondary N) is 1. The van der Waals surface area contributed by atoms with Crippen molar-refractivity contribution in [2.75, 3.05) is 18.5 Å². The van der Waals surface area contributed by atoms with Gasteiger partial charge in [0.1, 0.15) is 10.7 Å². The lowest BCUT2D eigenvalue weighted by Gasteiger charge is -2.13. The molecule has 102 valence electrons. The average Bonchev–Trinajstić information content (AvgIpc) is 2.25. The van der Waals surface area contributed by atoms with Gasteiger partial charge in [0.25, 0.3) is 9.84 Å². The van der Waals surface area contributed by atoms with E-state index in [0.29, 0.717) is 0 Å². The molecule has 1 aromatic rings. The minimum atomic E-state index is -5.64. The van der Waals surface area contributed by atoms with Gasteiger partial charge in [0, 0.05) is 6.54 Å². The number of hydrogen-bond donors (Lipinski definition) is 2. The third-order valence-electron chi connectivity index (χ3n) is 1.97. The molecule has 0 aliphatic carbocycles. The van der Waals surface area contributed by atoms with Crippen molar-refractivity contribution < 1.29 is 31.1 Å². The Morgan fingerprint density at radius 2 is 1.89 bits per heavy atom. The van der Waals surface area contributed by atoms with E-state index < -0.39 is 38.4 Å². The van der Waals surface area contributed by atoms with Crippen molar-refractivity contribution in [1.29, 1.82) is 0 Å². The van der Waals surface area contributed by atoms with Crippen LogP contribution >= 0.6 is 0 Å². The van der Waals surface area contributed by atoms with Gasteiger partial charge in [-0.2, -0.15) is 13.2 Å². The van der Waals surface area contributed by atoms with E-state index >= 15 is 0 Å². The summed E-state index contributed by atoms with van der Waals surface area (Å²) >= 11 is 0. The van der Waals surface area contributed by atoms with Crippen molar-refractivity contribution >= 4 is 15.5 Å². The van der Waals surface area contributed by atoms with Crippen molar-refractivity contribution in [3.05, 3.63) is 24.0 Å². The van der Waals surface area contributed by atoms with Gasteiger partial charge in [-0.25, -0.2) is 12.8 Å². The van der Waals surface area contributed by atoms with Gasteiger partial charge in [0.2, 0.25) is 0 Å². The molecule has 2 N–H and O–H groups in total. The summed E-state index contributed by atoms with van der Waals surface area (Å²) in [7, 11) is -5.64. The highest BCUT2D eigenvalue weighted by Crippen LogP contribution is 2.34. The summed E-state index contributed by atoms with van der Waals surface area (Å²) < 4.78 is 72.4. The van der Waals surface area contributed by atoms with E-state index in [0.717, 1.165) is 12.1 Å². The highest BCUT2D eigenvalue weighted by atomic mass is 32.2. The van der Waals surface area contributed by atoms with Gasteiger partial charge in [0.15, 0.2) is 0 Å². The molecular weight excluding hydrogens is 278 g/mol. The predicted molar refractivity (Wildman–Crippen MR) is 55.2 cm³/mol. The maximum atomic E-state index is 12.9. The molecule has 0 amide bonds. The molecule has 1 rings (SSSR count). The molecule has 0 saturated carbocycles. The zero-order valence-corrected chi connectivity index (χ0v) is 9.65. The third-order valence-corrected chi connectivity index (χ3v) is 3.49. The SMILES string of the molecule is O=S(=O)(c1cc(F)ccc1NCCO)C(F)(F)F. The number of aliphatic hydroxyl groups is 1. The molecule has 4 nitrogen and oxygen atoms in total. The van der Waals surface area contributed by atoms with Crippen LogP contribution in [0.1, 0.15) is 0 Å². The summed E-state index contributed by atoms with van der Waals surface area (Å²) in [5.74, 6) is -1.10. The molecule has 0 atom stereocenters. The first kappa shape index (κ1) is 14.7. The number of halogens is 4. The van der Waals surface area contributed by atoms with E-state index in [1.165, 1.54) is 0 Å². The molecule has 0 bridgehead atoms. The summed E-state index contributed by atoms with van der Waals surface area (Å²) in [6, 6.07) is 1.96. The van der Waals surface area contributed by atoms with Crippen LogP contribution < -0.4 is 5.32 Å². The summed E-state index contributed by atoms with van der Waals surface area (Å²) in [4.78, 5) is -1.21. The molecule has 0 aliphatic rings. The van der Waals surface area contributed by atoms with E-state index in [1.54, 1.807) is 0 Å². The molecule has 0 aliphatic heterocycles. The third kappa shape index (κ3) is 2.91. The Balaban J connectivity index is 3.34. The summed E-state index contributed by atoms with van der Waals surface area (Å²) in [5, 5.41) is 10.8. The molecule has 18 heavy (non-hydrogen) atoms. The van der Waals surface area contributed by atoms with Crippen molar-refractivity contribution in [2.45, 2.75) is 10.4 Å². The van der Waals surface area contributed by atoms with Crippen LogP contribution in [0.4, 0.5) is 23.2 Å². The number of hydrogen-bond acceptors (Lipinski definition) is 4. The largest absolute Gasteiger partial charge is 0.501 e. The zero-order valence-electron chi connectivity index (χ0n) is 8.83. The molecular formula is C9H9F4NO3S. The van der Waals surface area contributed by atoms with Crippen LogP contribution in [0.3, 0.4) is 0 Å². The minimum Gasteiger partial charge on any atom is -0.395 e. The van der Waals surface area contributed by atoms with Crippen LogP contribution in [0, 0.1) is 5.82 Å². The van der Waals surface area contributed by atoms with Crippen LogP contribution in [0.5, 0.6) is 0 Å². The monoisotopic (exact) mass is 287 g/mol. The molecule has 0 fully saturated rings. The predicted octanol–water partition coefficient (Wildman–Crippen LogP) is 1.52.